The Morgan fingerprint density at radius 1 is 0.923 bits per heavy atom. The lowest BCUT2D eigenvalue weighted by Gasteiger charge is -2.30. The maximum Gasteiger partial charge on any atom is 0.289 e. The molecule has 0 atom stereocenters. The summed E-state index contributed by atoms with van der Waals surface area (Å²) in [7, 11) is 0. The first kappa shape index (κ1) is 27.1. The molecule has 2 aliphatic rings. The fourth-order valence-corrected chi connectivity index (χ4v) is 5.41. The van der Waals surface area contributed by atoms with E-state index in [4.69, 9.17) is 9.15 Å². The molecule has 208 valence electrons. The number of rotatable bonds is 5. The van der Waals surface area contributed by atoms with Crippen LogP contribution in [0.4, 0.5) is 5.69 Å². The molecular formula is C30H39N5O4. The highest BCUT2D eigenvalue weighted by Gasteiger charge is 2.24. The standard InChI is InChI=1S/C30H39N5O4/c1-24(36)35-13-6-4-2-3-5-12-34(30(37)29-10-9-27(39-29)22-33-14-11-31-23-33)21-26-8-7-25(19-28(26)35)20-32-15-17-38-18-16-32/h7-11,14,19,23H,2-6,12-13,15-18,20-22H2,1H3. The summed E-state index contributed by atoms with van der Waals surface area (Å²) in [6.45, 7) is 8.04. The second-order valence-corrected chi connectivity index (χ2v) is 10.5. The third kappa shape index (κ3) is 7.16. The molecule has 2 aromatic heterocycles. The van der Waals surface area contributed by atoms with Gasteiger partial charge in [-0.1, -0.05) is 31.4 Å². The molecule has 4 heterocycles. The molecule has 1 aromatic carbocycles. The van der Waals surface area contributed by atoms with Crippen molar-refractivity contribution < 1.29 is 18.7 Å². The summed E-state index contributed by atoms with van der Waals surface area (Å²) in [6.07, 6.45) is 10.4. The molecule has 3 aromatic rings. The molecule has 5 rings (SSSR count). The summed E-state index contributed by atoms with van der Waals surface area (Å²) in [5, 5.41) is 0. The first-order valence-corrected chi connectivity index (χ1v) is 14.1. The van der Waals surface area contributed by atoms with E-state index in [9.17, 15) is 9.59 Å². The monoisotopic (exact) mass is 533 g/mol. The second kappa shape index (κ2) is 13.1. The zero-order valence-electron chi connectivity index (χ0n) is 22.9. The SMILES string of the molecule is CC(=O)N1CCCCCCCN(C(=O)c2ccc(Cn3ccnc3)o2)Cc2ccc(CN3CCOCC3)cc21. The number of fused-ring (bicyclic) bond motifs is 1. The number of ether oxygens (including phenoxy) is 1. The molecular weight excluding hydrogens is 494 g/mol. The zero-order valence-corrected chi connectivity index (χ0v) is 22.9. The van der Waals surface area contributed by atoms with E-state index in [2.05, 4.69) is 28.1 Å². The van der Waals surface area contributed by atoms with E-state index in [1.807, 2.05) is 26.6 Å². The predicted molar refractivity (Wildman–Crippen MR) is 148 cm³/mol. The van der Waals surface area contributed by atoms with Crippen LogP contribution in [-0.4, -0.2) is 70.6 Å². The highest BCUT2D eigenvalue weighted by atomic mass is 16.5. The smallest absolute Gasteiger partial charge is 0.289 e. The van der Waals surface area contributed by atoms with Crippen molar-refractivity contribution in [1.82, 2.24) is 19.4 Å². The van der Waals surface area contributed by atoms with E-state index in [-0.39, 0.29) is 11.8 Å². The van der Waals surface area contributed by atoms with E-state index >= 15 is 0 Å². The summed E-state index contributed by atoms with van der Waals surface area (Å²) in [6, 6.07) is 10.00. The van der Waals surface area contributed by atoms with Gasteiger partial charge >= 0.3 is 0 Å². The van der Waals surface area contributed by atoms with Crippen LogP contribution in [0.3, 0.4) is 0 Å². The molecule has 0 N–H and O–H groups in total. The number of imidazole rings is 1. The van der Waals surface area contributed by atoms with Crippen LogP contribution in [0.5, 0.6) is 0 Å². The van der Waals surface area contributed by atoms with Crippen LogP contribution in [-0.2, 0) is 29.2 Å². The summed E-state index contributed by atoms with van der Waals surface area (Å²) >= 11 is 0. The molecule has 0 saturated carbocycles. The maximum absolute atomic E-state index is 13.7. The number of amides is 2. The topological polar surface area (TPSA) is 84.1 Å². The predicted octanol–water partition coefficient (Wildman–Crippen LogP) is 4.32. The van der Waals surface area contributed by atoms with E-state index in [0.717, 1.165) is 76.2 Å². The van der Waals surface area contributed by atoms with Gasteiger partial charge in [0, 0.05) is 64.3 Å². The van der Waals surface area contributed by atoms with Crippen molar-refractivity contribution in [2.24, 2.45) is 0 Å². The van der Waals surface area contributed by atoms with Gasteiger partial charge in [-0.15, -0.1) is 0 Å². The number of morpholine rings is 1. The van der Waals surface area contributed by atoms with Gasteiger partial charge in [-0.25, -0.2) is 4.98 Å². The van der Waals surface area contributed by atoms with Crippen molar-refractivity contribution in [3.8, 4) is 0 Å². The minimum Gasteiger partial charge on any atom is -0.454 e. The minimum absolute atomic E-state index is 0.0323. The van der Waals surface area contributed by atoms with Crippen LogP contribution in [0, 0.1) is 0 Å². The van der Waals surface area contributed by atoms with Crippen molar-refractivity contribution in [3.05, 3.63) is 71.7 Å². The molecule has 0 aliphatic carbocycles. The minimum atomic E-state index is -0.123. The lowest BCUT2D eigenvalue weighted by molar-refractivity contribution is -0.116. The van der Waals surface area contributed by atoms with Gasteiger partial charge in [0.2, 0.25) is 5.91 Å². The van der Waals surface area contributed by atoms with Crippen molar-refractivity contribution in [3.63, 3.8) is 0 Å². The van der Waals surface area contributed by atoms with Gasteiger partial charge in [-0.2, -0.15) is 0 Å². The molecule has 1 saturated heterocycles. The quantitative estimate of drug-likeness (QED) is 0.486. The van der Waals surface area contributed by atoms with Crippen molar-refractivity contribution in [1.29, 1.82) is 0 Å². The molecule has 1 fully saturated rings. The highest BCUT2D eigenvalue weighted by molar-refractivity contribution is 5.93. The number of carbonyl (C=O) groups is 2. The molecule has 0 unspecified atom stereocenters. The summed E-state index contributed by atoms with van der Waals surface area (Å²) in [5.41, 5.74) is 3.06. The van der Waals surface area contributed by atoms with Gasteiger partial charge in [0.1, 0.15) is 5.76 Å². The molecule has 2 aliphatic heterocycles. The van der Waals surface area contributed by atoms with Gasteiger partial charge in [0.25, 0.3) is 5.91 Å². The number of carbonyl (C=O) groups excluding carboxylic acids is 2. The first-order chi connectivity index (χ1) is 19.1. The Morgan fingerprint density at radius 3 is 2.49 bits per heavy atom. The largest absolute Gasteiger partial charge is 0.454 e. The Bertz CT molecular complexity index is 1230. The number of aromatic nitrogens is 2. The Labute approximate surface area is 230 Å². The number of hydrogen-bond donors (Lipinski definition) is 0. The number of benzene rings is 1. The fourth-order valence-electron chi connectivity index (χ4n) is 5.41. The van der Waals surface area contributed by atoms with Crippen LogP contribution < -0.4 is 4.90 Å². The third-order valence-electron chi connectivity index (χ3n) is 7.56. The van der Waals surface area contributed by atoms with Crippen LogP contribution in [0.2, 0.25) is 0 Å². The number of furan rings is 1. The van der Waals surface area contributed by atoms with Crippen LogP contribution >= 0.6 is 0 Å². The summed E-state index contributed by atoms with van der Waals surface area (Å²) in [5.74, 6) is 0.958. The van der Waals surface area contributed by atoms with Crippen molar-refractivity contribution >= 4 is 17.5 Å². The van der Waals surface area contributed by atoms with Crippen LogP contribution in [0.1, 0.15) is 66.5 Å². The number of hydrogen-bond acceptors (Lipinski definition) is 6. The zero-order chi connectivity index (χ0) is 27.0. The van der Waals surface area contributed by atoms with E-state index < -0.39 is 0 Å². The molecule has 0 bridgehead atoms. The average molecular weight is 534 g/mol. The van der Waals surface area contributed by atoms with Crippen molar-refractivity contribution in [2.75, 3.05) is 44.3 Å². The molecule has 0 radical (unpaired) electrons. The maximum atomic E-state index is 13.7. The Hall–Kier alpha value is -3.43. The van der Waals surface area contributed by atoms with E-state index in [0.29, 0.717) is 37.7 Å². The number of nitrogens with zero attached hydrogens (tertiary/aromatic N) is 5. The first-order valence-electron chi connectivity index (χ1n) is 14.1. The lowest BCUT2D eigenvalue weighted by atomic mass is 10.0. The number of anilines is 1. The summed E-state index contributed by atoms with van der Waals surface area (Å²) < 4.78 is 13.4. The lowest BCUT2D eigenvalue weighted by Crippen LogP contribution is -2.36. The Morgan fingerprint density at radius 2 is 1.72 bits per heavy atom. The molecule has 0 spiro atoms. The van der Waals surface area contributed by atoms with Gasteiger partial charge in [-0.05, 0) is 42.2 Å². The second-order valence-electron chi connectivity index (χ2n) is 10.5. The normalized spacial score (nSPS) is 17.8. The Kier molecular flexibility index (Phi) is 9.11. The molecule has 39 heavy (non-hydrogen) atoms. The molecule has 9 nitrogen and oxygen atoms in total. The van der Waals surface area contributed by atoms with Gasteiger partial charge < -0.3 is 23.5 Å². The van der Waals surface area contributed by atoms with Gasteiger partial charge in [0.15, 0.2) is 5.76 Å². The summed E-state index contributed by atoms with van der Waals surface area (Å²) in [4.78, 5) is 36.8. The van der Waals surface area contributed by atoms with Gasteiger partial charge in [-0.3, -0.25) is 14.5 Å². The third-order valence-corrected chi connectivity index (χ3v) is 7.56. The molecule has 2 amide bonds. The Balaban J connectivity index is 1.41. The van der Waals surface area contributed by atoms with Crippen molar-refractivity contribution in [2.45, 2.75) is 58.7 Å². The van der Waals surface area contributed by atoms with E-state index in [1.165, 1.54) is 5.56 Å². The van der Waals surface area contributed by atoms with E-state index in [1.54, 1.807) is 25.5 Å². The van der Waals surface area contributed by atoms with Crippen LogP contribution in [0.15, 0.2) is 53.5 Å². The average Bonchev–Trinajstić information content (AvgIpc) is 3.62. The van der Waals surface area contributed by atoms with Gasteiger partial charge in [0.05, 0.1) is 26.1 Å². The van der Waals surface area contributed by atoms with Crippen LogP contribution in [0.25, 0.3) is 0 Å². The fraction of sp³-hybridized carbons (Fsp3) is 0.500. The molecule has 9 heteroatoms. The highest BCUT2D eigenvalue weighted by Crippen LogP contribution is 2.28.